The number of carboxylic acid groups (broad SMARTS) is 1. The van der Waals surface area contributed by atoms with Crippen LogP contribution >= 0.6 is 0 Å². The summed E-state index contributed by atoms with van der Waals surface area (Å²) < 4.78 is 1.86. The highest BCUT2D eigenvalue weighted by molar-refractivity contribution is 5.96. The predicted molar refractivity (Wildman–Crippen MR) is 75.8 cm³/mol. The monoisotopic (exact) mass is 281 g/mol. The fraction of sp³-hybridized carbons (Fsp3) is 0.643. The topological polar surface area (TPSA) is 84.2 Å². The number of unbranched alkanes of at least 4 members (excludes halogenated alkanes) is 1. The van der Waals surface area contributed by atoms with E-state index in [1.54, 1.807) is 0 Å². The van der Waals surface area contributed by atoms with Crippen LogP contribution in [0.3, 0.4) is 0 Å². The van der Waals surface area contributed by atoms with Crippen molar-refractivity contribution in [2.75, 3.05) is 6.54 Å². The first-order valence-electron chi connectivity index (χ1n) is 7.01. The van der Waals surface area contributed by atoms with Crippen LogP contribution in [0.25, 0.3) is 0 Å². The van der Waals surface area contributed by atoms with Crippen LogP contribution in [0.15, 0.2) is 0 Å². The molecule has 0 radical (unpaired) electrons. The van der Waals surface area contributed by atoms with Gasteiger partial charge in [-0.1, -0.05) is 6.92 Å². The maximum absolute atomic E-state index is 12.1. The van der Waals surface area contributed by atoms with E-state index in [1.165, 1.54) is 0 Å². The molecule has 6 heteroatoms. The number of nitrogens with one attached hydrogen (secondary N) is 1. The fourth-order valence-corrected chi connectivity index (χ4v) is 2.15. The summed E-state index contributed by atoms with van der Waals surface area (Å²) in [5.41, 5.74) is 2.25. The lowest BCUT2D eigenvalue weighted by Gasteiger charge is -2.06. The lowest BCUT2D eigenvalue weighted by Crippen LogP contribution is -2.25. The zero-order chi connectivity index (χ0) is 15.1. The van der Waals surface area contributed by atoms with E-state index in [4.69, 9.17) is 5.11 Å². The molecule has 0 saturated carbocycles. The minimum absolute atomic E-state index is 0.127. The molecular weight excluding hydrogens is 258 g/mol. The van der Waals surface area contributed by atoms with Gasteiger partial charge < -0.3 is 10.4 Å². The summed E-state index contributed by atoms with van der Waals surface area (Å²) in [5.74, 6) is -0.929. The van der Waals surface area contributed by atoms with Crippen LogP contribution in [-0.2, 0) is 11.3 Å². The van der Waals surface area contributed by atoms with E-state index in [2.05, 4.69) is 17.3 Å². The number of aliphatic carboxylic acids is 1. The van der Waals surface area contributed by atoms with Gasteiger partial charge in [0.1, 0.15) is 0 Å². The molecule has 0 unspecified atom stereocenters. The van der Waals surface area contributed by atoms with Crippen LogP contribution in [-0.4, -0.2) is 33.3 Å². The molecule has 0 atom stereocenters. The van der Waals surface area contributed by atoms with E-state index in [9.17, 15) is 9.59 Å². The third-order valence-corrected chi connectivity index (χ3v) is 3.15. The molecule has 1 rings (SSSR count). The van der Waals surface area contributed by atoms with E-state index >= 15 is 0 Å². The first-order chi connectivity index (χ1) is 9.47. The first kappa shape index (κ1) is 16.2. The number of carbonyl (C=O) groups is 2. The highest BCUT2D eigenvalue weighted by Gasteiger charge is 2.17. The molecular formula is C14H23N3O3. The van der Waals surface area contributed by atoms with Gasteiger partial charge in [-0.05, 0) is 33.1 Å². The minimum atomic E-state index is -0.802. The van der Waals surface area contributed by atoms with Crippen molar-refractivity contribution in [2.45, 2.75) is 53.0 Å². The summed E-state index contributed by atoms with van der Waals surface area (Å²) in [6.45, 7) is 7.09. The van der Waals surface area contributed by atoms with Crippen LogP contribution < -0.4 is 5.32 Å². The van der Waals surface area contributed by atoms with Gasteiger partial charge in [0.15, 0.2) is 0 Å². The number of rotatable bonds is 8. The molecule has 1 aromatic rings. The number of nitrogens with zero attached hydrogens (tertiary/aromatic N) is 2. The lowest BCUT2D eigenvalue weighted by molar-refractivity contribution is -0.137. The summed E-state index contributed by atoms with van der Waals surface area (Å²) in [6, 6.07) is 0. The molecule has 0 aromatic carbocycles. The summed E-state index contributed by atoms with van der Waals surface area (Å²) in [5, 5.41) is 15.7. The molecule has 6 nitrogen and oxygen atoms in total. The quantitative estimate of drug-likeness (QED) is 0.713. The second kappa shape index (κ2) is 7.67. The predicted octanol–water partition coefficient (Wildman–Crippen LogP) is 1.89. The summed E-state index contributed by atoms with van der Waals surface area (Å²) in [7, 11) is 0. The second-order valence-corrected chi connectivity index (χ2v) is 4.88. The Morgan fingerprint density at radius 1 is 1.30 bits per heavy atom. The van der Waals surface area contributed by atoms with Gasteiger partial charge in [-0.3, -0.25) is 14.3 Å². The molecule has 0 aliphatic carbocycles. The summed E-state index contributed by atoms with van der Waals surface area (Å²) in [4.78, 5) is 22.5. The van der Waals surface area contributed by atoms with Crippen molar-refractivity contribution in [3.63, 3.8) is 0 Å². The van der Waals surface area contributed by atoms with Gasteiger partial charge in [0, 0.05) is 25.2 Å². The number of hydrogen-bond donors (Lipinski definition) is 2. The van der Waals surface area contributed by atoms with Crippen molar-refractivity contribution >= 4 is 11.9 Å². The molecule has 112 valence electrons. The SMILES string of the molecule is CCCn1nc(C)c(C(=O)NCCCCC(=O)O)c1C. The fourth-order valence-electron chi connectivity index (χ4n) is 2.15. The van der Waals surface area contributed by atoms with Gasteiger partial charge in [-0.2, -0.15) is 5.10 Å². The maximum Gasteiger partial charge on any atom is 0.303 e. The van der Waals surface area contributed by atoms with Crippen LogP contribution in [0.4, 0.5) is 0 Å². The number of amides is 1. The number of carboxylic acids is 1. The molecule has 1 heterocycles. The average Bonchev–Trinajstić information content (AvgIpc) is 2.64. The molecule has 2 N–H and O–H groups in total. The van der Waals surface area contributed by atoms with E-state index in [0.717, 1.165) is 24.4 Å². The smallest absolute Gasteiger partial charge is 0.303 e. The molecule has 0 fully saturated rings. The van der Waals surface area contributed by atoms with E-state index in [0.29, 0.717) is 24.9 Å². The van der Waals surface area contributed by atoms with Gasteiger partial charge in [0.05, 0.1) is 11.3 Å². The number of aryl methyl sites for hydroxylation is 2. The van der Waals surface area contributed by atoms with Crippen molar-refractivity contribution in [3.8, 4) is 0 Å². The van der Waals surface area contributed by atoms with Gasteiger partial charge in [0.25, 0.3) is 5.91 Å². The lowest BCUT2D eigenvalue weighted by atomic mass is 10.1. The van der Waals surface area contributed by atoms with Crippen LogP contribution in [0.2, 0.25) is 0 Å². The Morgan fingerprint density at radius 3 is 2.60 bits per heavy atom. The molecule has 0 saturated heterocycles. The number of carbonyl (C=O) groups excluding carboxylic acids is 1. The molecule has 0 spiro atoms. The Balaban J connectivity index is 2.53. The average molecular weight is 281 g/mol. The third kappa shape index (κ3) is 4.36. The molecule has 0 bridgehead atoms. The van der Waals surface area contributed by atoms with E-state index in [1.807, 2.05) is 18.5 Å². The highest BCUT2D eigenvalue weighted by atomic mass is 16.4. The first-order valence-corrected chi connectivity index (χ1v) is 7.01. The minimum Gasteiger partial charge on any atom is -0.481 e. The van der Waals surface area contributed by atoms with Crippen molar-refractivity contribution in [1.82, 2.24) is 15.1 Å². The van der Waals surface area contributed by atoms with Crippen LogP contribution in [0.5, 0.6) is 0 Å². The van der Waals surface area contributed by atoms with Crippen LogP contribution in [0, 0.1) is 13.8 Å². The van der Waals surface area contributed by atoms with E-state index < -0.39 is 5.97 Å². The van der Waals surface area contributed by atoms with E-state index in [-0.39, 0.29) is 12.3 Å². The molecule has 1 amide bonds. The normalized spacial score (nSPS) is 10.6. The van der Waals surface area contributed by atoms with Gasteiger partial charge in [0.2, 0.25) is 0 Å². The second-order valence-electron chi connectivity index (χ2n) is 4.88. The zero-order valence-electron chi connectivity index (χ0n) is 12.4. The molecule has 1 aromatic heterocycles. The number of aromatic nitrogens is 2. The standard InChI is InChI=1S/C14H23N3O3/c1-4-9-17-11(3)13(10(2)16-17)14(20)15-8-6-5-7-12(18)19/h4-9H2,1-3H3,(H,15,20)(H,18,19). The van der Waals surface area contributed by atoms with Crippen LogP contribution in [0.1, 0.15) is 54.4 Å². The number of hydrogen-bond acceptors (Lipinski definition) is 3. The maximum atomic E-state index is 12.1. The Hall–Kier alpha value is -1.85. The Labute approximate surface area is 119 Å². The van der Waals surface area contributed by atoms with Crippen molar-refractivity contribution in [2.24, 2.45) is 0 Å². The summed E-state index contributed by atoms with van der Waals surface area (Å²) in [6.07, 6.45) is 2.35. The molecule has 20 heavy (non-hydrogen) atoms. The molecule has 0 aliphatic rings. The third-order valence-electron chi connectivity index (χ3n) is 3.15. The largest absolute Gasteiger partial charge is 0.481 e. The van der Waals surface area contributed by atoms with Crippen molar-refractivity contribution < 1.29 is 14.7 Å². The van der Waals surface area contributed by atoms with Gasteiger partial charge in [-0.25, -0.2) is 0 Å². The highest BCUT2D eigenvalue weighted by Crippen LogP contribution is 2.13. The van der Waals surface area contributed by atoms with Gasteiger partial charge in [-0.15, -0.1) is 0 Å². The Kier molecular flexibility index (Phi) is 6.21. The molecule has 0 aliphatic heterocycles. The Bertz CT molecular complexity index is 480. The van der Waals surface area contributed by atoms with Crippen molar-refractivity contribution in [1.29, 1.82) is 0 Å². The Morgan fingerprint density at radius 2 is 2.00 bits per heavy atom. The zero-order valence-corrected chi connectivity index (χ0v) is 12.4. The van der Waals surface area contributed by atoms with Crippen molar-refractivity contribution in [3.05, 3.63) is 17.0 Å². The summed E-state index contributed by atoms with van der Waals surface area (Å²) >= 11 is 0. The van der Waals surface area contributed by atoms with Gasteiger partial charge >= 0.3 is 5.97 Å².